The number of carbonyl (C=O) groups is 1. The van der Waals surface area contributed by atoms with Crippen molar-refractivity contribution in [3.8, 4) is 5.75 Å². The molecule has 1 amide bonds. The second-order valence-electron chi connectivity index (χ2n) is 6.72. The van der Waals surface area contributed by atoms with E-state index in [0.29, 0.717) is 17.5 Å². The number of nitro benzene ring substituents is 1. The molecule has 1 saturated carbocycles. The Bertz CT molecular complexity index is 598. The first kappa shape index (κ1) is 19.2. The van der Waals surface area contributed by atoms with Crippen LogP contribution < -0.4 is 15.4 Å². The number of hydrogen-bond acceptors (Lipinski definition) is 4. The van der Waals surface area contributed by atoms with Gasteiger partial charge < -0.3 is 15.4 Å². The predicted octanol–water partition coefficient (Wildman–Crippen LogP) is 2.61. The Kier molecular flexibility index (Phi) is 7.18. The van der Waals surface area contributed by atoms with E-state index in [1.165, 1.54) is 57.4 Å². The van der Waals surface area contributed by atoms with E-state index in [-0.39, 0.29) is 17.6 Å². The highest BCUT2D eigenvalue weighted by molar-refractivity contribution is 5.95. The van der Waals surface area contributed by atoms with Gasteiger partial charge in [-0.3, -0.25) is 14.9 Å². The van der Waals surface area contributed by atoms with Gasteiger partial charge in [0.2, 0.25) is 0 Å². The maximum Gasteiger partial charge on any atom is 0.282 e. The molecule has 0 heterocycles. The quantitative estimate of drug-likeness (QED) is 0.608. The molecule has 1 aromatic carbocycles. The van der Waals surface area contributed by atoms with Crippen LogP contribution in [0.4, 0.5) is 11.4 Å². The largest absolute Gasteiger partial charge is 0.495 e. The van der Waals surface area contributed by atoms with Gasteiger partial charge in [-0.1, -0.05) is 19.3 Å². The van der Waals surface area contributed by atoms with E-state index in [2.05, 4.69) is 10.6 Å². The summed E-state index contributed by atoms with van der Waals surface area (Å²) in [5, 5.41) is 15.8. The van der Waals surface area contributed by atoms with Crippen LogP contribution in [0, 0.1) is 10.1 Å². The highest BCUT2D eigenvalue weighted by Gasteiger charge is 2.24. The summed E-state index contributed by atoms with van der Waals surface area (Å²) < 4.78 is 5.19. The summed E-state index contributed by atoms with van der Waals surface area (Å²) in [6, 6.07) is 4.40. The first-order chi connectivity index (χ1) is 12.0. The number of non-ortho nitro benzene ring substituents is 1. The van der Waals surface area contributed by atoms with E-state index in [1.54, 1.807) is 0 Å². The summed E-state index contributed by atoms with van der Waals surface area (Å²) in [4.78, 5) is 23.0. The summed E-state index contributed by atoms with van der Waals surface area (Å²) in [6.45, 7) is 1.87. The lowest BCUT2D eigenvalue weighted by molar-refractivity contribution is -0.707. The smallest absolute Gasteiger partial charge is 0.282 e. The number of nitrogens with two attached hydrogens (primary N) is 1. The normalized spacial score (nSPS) is 17.2. The number of benzene rings is 1. The average molecular weight is 350 g/mol. The molecule has 0 unspecified atom stereocenters. The standard InChI is InChI=1S/C18H27N3O4/c1-13(19-14-8-6-4-3-5-7-9-14)18(22)20-16-12-15(21(23)24)10-11-17(16)25-2/h10-14,19H,3-9H2,1-2H3,(H,20,22)/p+1/t13-/m0/s1. The van der Waals surface area contributed by atoms with E-state index in [1.807, 2.05) is 6.92 Å². The molecule has 1 aliphatic carbocycles. The molecule has 0 saturated heterocycles. The molecule has 0 aliphatic heterocycles. The molecule has 1 fully saturated rings. The van der Waals surface area contributed by atoms with Gasteiger partial charge in [-0.05, 0) is 38.7 Å². The van der Waals surface area contributed by atoms with E-state index in [4.69, 9.17) is 4.74 Å². The molecular formula is C18H28N3O4+. The van der Waals surface area contributed by atoms with Gasteiger partial charge in [0.05, 0.1) is 23.8 Å². The van der Waals surface area contributed by atoms with Crippen LogP contribution in [0.15, 0.2) is 18.2 Å². The molecule has 3 N–H and O–H groups in total. The highest BCUT2D eigenvalue weighted by atomic mass is 16.6. The Morgan fingerprint density at radius 1 is 1.28 bits per heavy atom. The third-order valence-electron chi connectivity index (χ3n) is 4.78. The van der Waals surface area contributed by atoms with E-state index >= 15 is 0 Å². The average Bonchev–Trinajstić information content (AvgIpc) is 2.56. The van der Waals surface area contributed by atoms with Crippen molar-refractivity contribution >= 4 is 17.3 Å². The number of amides is 1. The third kappa shape index (κ3) is 5.70. The van der Waals surface area contributed by atoms with Gasteiger partial charge in [-0.15, -0.1) is 0 Å². The number of hydrogen-bond donors (Lipinski definition) is 2. The van der Waals surface area contributed by atoms with E-state index < -0.39 is 4.92 Å². The van der Waals surface area contributed by atoms with E-state index in [0.717, 1.165) is 12.8 Å². The molecule has 25 heavy (non-hydrogen) atoms. The number of nitrogens with one attached hydrogen (secondary N) is 1. The first-order valence-corrected chi connectivity index (χ1v) is 8.99. The van der Waals surface area contributed by atoms with Crippen molar-refractivity contribution in [3.05, 3.63) is 28.3 Å². The van der Waals surface area contributed by atoms with Gasteiger partial charge in [0.25, 0.3) is 11.6 Å². The molecular weight excluding hydrogens is 322 g/mol. The Labute approximate surface area is 148 Å². The van der Waals surface area contributed by atoms with Crippen molar-refractivity contribution in [1.29, 1.82) is 0 Å². The lowest BCUT2D eigenvalue weighted by Crippen LogP contribution is -2.96. The molecule has 1 aromatic rings. The summed E-state index contributed by atoms with van der Waals surface area (Å²) >= 11 is 0. The molecule has 0 bridgehead atoms. The molecule has 7 heteroatoms. The topological polar surface area (TPSA) is 98.1 Å². The van der Waals surface area contributed by atoms with Crippen molar-refractivity contribution in [2.24, 2.45) is 0 Å². The van der Waals surface area contributed by atoms with Gasteiger partial charge >= 0.3 is 0 Å². The van der Waals surface area contributed by atoms with Crippen molar-refractivity contribution < 1.29 is 19.8 Å². The number of methoxy groups -OCH3 is 1. The monoisotopic (exact) mass is 350 g/mol. The zero-order valence-electron chi connectivity index (χ0n) is 15.0. The second kappa shape index (κ2) is 9.36. The number of carbonyl (C=O) groups excluding carboxylic acids is 1. The number of nitrogens with zero attached hydrogens (tertiary/aromatic N) is 1. The maximum absolute atomic E-state index is 12.5. The zero-order valence-corrected chi connectivity index (χ0v) is 15.0. The number of quaternary nitrogens is 1. The number of rotatable bonds is 6. The lowest BCUT2D eigenvalue weighted by atomic mass is 9.96. The fraction of sp³-hybridized carbons (Fsp3) is 0.611. The molecule has 1 atom stereocenters. The Balaban J connectivity index is 2.00. The number of nitro groups is 1. The summed E-state index contributed by atoms with van der Waals surface area (Å²) in [7, 11) is 1.47. The van der Waals surface area contributed by atoms with Crippen LogP contribution in [0.3, 0.4) is 0 Å². The SMILES string of the molecule is COc1ccc([N+](=O)[O-])cc1NC(=O)[C@H](C)[NH2+]C1CCCCCCC1. The predicted molar refractivity (Wildman–Crippen MR) is 95.8 cm³/mol. The van der Waals surface area contributed by atoms with E-state index in [9.17, 15) is 14.9 Å². The van der Waals surface area contributed by atoms with Gasteiger partial charge in [-0.2, -0.15) is 0 Å². The van der Waals surface area contributed by atoms with Crippen LogP contribution in [0.1, 0.15) is 51.9 Å². The molecule has 0 spiro atoms. The third-order valence-corrected chi connectivity index (χ3v) is 4.78. The van der Waals surface area contributed by atoms with Crippen molar-refractivity contribution in [2.45, 2.75) is 64.0 Å². The number of ether oxygens (including phenoxy) is 1. The zero-order chi connectivity index (χ0) is 18.2. The second-order valence-corrected chi connectivity index (χ2v) is 6.72. The van der Waals surface area contributed by atoms with Gasteiger partial charge in [-0.25, -0.2) is 0 Å². The van der Waals surface area contributed by atoms with Crippen LogP contribution >= 0.6 is 0 Å². The summed E-state index contributed by atoms with van der Waals surface area (Å²) in [5.74, 6) is 0.248. The summed E-state index contributed by atoms with van der Waals surface area (Å²) in [6.07, 6.45) is 8.57. The first-order valence-electron chi connectivity index (χ1n) is 8.99. The van der Waals surface area contributed by atoms with Gasteiger partial charge in [0.15, 0.2) is 6.04 Å². The van der Waals surface area contributed by atoms with Crippen molar-refractivity contribution in [1.82, 2.24) is 0 Å². The minimum atomic E-state index is -0.487. The minimum Gasteiger partial charge on any atom is -0.495 e. The van der Waals surface area contributed by atoms with Gasteiger partial charge in [0.1, 0.15) is 5.75 Å². The highest BCUT2D eigenvalue weighted by Crippen LogP contribution is 2.28. The lowest BCUT2D eigenvalue weighted by Gasteiger charge is -2.22. The molecule has 1 aliphatic rings. The fourth-order valence-electron chi connectivity index (χ4n) is 3.33. The Hall–Kier alpha value is -2.15. The molecule has 138 valence electrons. The Morgan fingerprint density at radius 2 is 1.92 bits per heavy atom. The van der Waals surface area contributed by atoms with Crippen molar-refractivity contribution in [2.75, 3.05) is 12.4 Å². The fourth-order valence-corrected chi connectivity index (χ4v) is 3.33. The van der Waals surface area contributed by atoms with Crippen molar-refractivity contribution in [3.63, 3.8) is 0 Å². The minimum absolute atomic E-state index is 0.0762. The molecule has 7 nitrogen and oxygen atoms in total. The molecule has 0 aromatic heterocycles. The van der Waals surface area contributed by atoms with Crippen LogP contribution in [0.25, 0.3) is 0 Å². The maximum atomic E-state index is 12.5. The van der Waals surface area contributed by atoms with Crippen LogP contribution in [0.2, 0.25) is 0 Å². The van der Waals surface area contributed by atoms with Crippen LogP contribution in [0.5, 0.6) is 5.75 Å². The van der Waals surface area contributed by atoms with Crippen LogP contribution in [-0.2, 0) is 4.79 Å². The summed E-state index contributed by atoms with van der Waals surface area (Å²) in [5.41, 5.74) is 0.257. The molecule has 0 radical (unpaired) electrons. The number of anilines is 1. The van der Waals surface area contributed by atoms with Crippen LogP contribution in [-0.4, -0.2) is 30.0 Å². The molecule has 2 rings (SSSR count). The Morgan fingerprint density at radius 3 is 2.52 bits per heavy atom. The van der Waals surface area contributed by atoms with Gasteiger partial charge in [0, 0.05) is 12.1 Å².